The van der Waals surface area contributed by atoms with Crippen molar-refractivity contribution in [1.29, 1.82) is 0 Å². The van der Waals surface area contributed by atoms with Crippen LogP contribution in [0.5, 0.6) is 0 Å². The molecule has 120 valence electrons. The van der Waals surface area contributed by atoms with E-state index in [4.69, 9.17) is 10.9 Å². The van der Waals surface area contributed by atoms with Crippen LogP contribution in [0.4, 0.5) is 0 Å². The van der Waals surface area contributed by atoms with Crippen LogP contribution in [0.2, 0.25) is 0 Å². The van der Waals surface area contributed by atoms with Gasteiger partial charge in [-0.2, -0.15) is 5.10 Å². The average Bonchev–Trinajstić information content (AvgIpc) is 2.95. The second-order valence-electron chi connectivity index (χ2n) is 5.51. The van der Waals surface area contributed by atoms with E-state index in [0.29, 0.717) is 6.04 Å². The first kappa shape index (κ1) is 17.5. The molecule has 1 rings (SSSR count). The van der Waals surface area contributed by atoms with Crippen molar-refractivity contribution in [1.82, 2.24) is 14.7 Å². The lowest BCUT2D eigenvalue weighted by molar-refractivity contribution is 0.253. The number of hydrogen-bond donors (Lipinski definition) is 2. The van der Waals surface area contributed by atoms with Crippen molar-refractivity contribution in [2.24, 2.45) is 16.8 Å². The van der Waals surface area contributed by atoms with Gasteiger partial charge in [-0.3, -0.25) is 9.58 Å². The molecule has 3 N–H and O–H groups in total. The zero-order valence-corrected chi connectivity index (χ0v) is 13.7. The minimum absolute atomic E-state index is 0.0241. The number of hydrogen-bond acceptors (Lipinski definition) is 4. The van der Waals surface area contributed by atoms with Gasteiger partial charge in [-0.1, -0.05) is 32.9 Å². The summed E-state index contributed by atoms with van der Waals surface area (Å²) in [6.45, 7) is 10.9. The summed E-state index contributed by atoms with van der Waals surface area (Å²) in [5.74, 6) is 0.298. The van der Waals surface area contributed by atoms with Crippen molar-refractivity contribution in [3.8, 4) is 0 Å². The van der Waals surface area contributed by atoms with Gasteiger partial charge in [0, 0.05) is 25.2 Å². The maximum Gasteiger partial charge on any atom is 0.143 e. The molecule has 1 atom stereocenters. The van der Waals surface area contributed by atoms with Crippen LogP contribution in [0.1, 0.15) is 52.3 Å². The molecule has 0 aliphatic rings. The molecule has 6 nitrogen and oxygen atoms in total. The van der Waals surface area contributed by atoms with Gasteiger partial charge >= 0.3 is 0 Å². The zero-order chi connectivity index (χ0) is 15.8. The summed E-state index contributed by atoms with van der Waals surface area (Å²) in [6.07, 6.45) is 4.25. The second-order valence-corrected chi connectivity index (χ2v) is 5.51. The summed E-state index contributed by atoms with van der Waals surface area (Å²) in [5.41, 5.74) is 6.71. The lowest BCUT2D eigenvalue weighted by Gasteiger charge is -2.22. The number of nitrogens with zero attached hydrogens (tertiary/aromatic N) is 4. The Labute approximate surface area is 127 Å². The fraction of sp³-hybridized carbons (Fsp3) is 0.733. The number of amidine groups is 1. The highest BCUT2D eigenvalue weighted by atomic mass is 16.4. The molecule has 21 heavy (non-hydrogen) atoms. The van der Waals surface area contributed by atoms with Crippen LogP contribution in [0, 0.1) is 5.92 Å². The van der Waals surface area contributed by atoms with Crippen LogP contribution in [-0.4, -0.2) is 38.8 Å². The topological polar surface area (TPSA) is 79.7 Å². The Morgan fingerprint density at radius 3 is 2.62 bits per heavy atom. The van der Waals surface area contributed by atoms with Gasteiger partial charge in [0.05, 0.1) is 11.7 Å². The largest absolute Gasteiger partial charge is 0.409 e. The number of oxime groups is 1. The highest BCUT2D eigenvalue weighted by Crippen LogP contribution is 2.15. The van der Waals surface area contributed by atoms with Crippen molar-refractivity contribution in [2.45, 2.75) is 53.1 Å². The monoisotopic (exact) mass is 295 g/mol. The Morgan fingerprint density at radius 2 is 2.10 bits per heavy atom. The van der Waals surface area contributed by atoms with E-state index < -0.39 is 0 Å². The Hall–Kier alpha value is -1.56. The highest BCUT2D eigenvalue weighted by Gasteiger charge is 2.15. The molecule has 0 aromatic carbocycles. The standard InChI is InChI=1S/C15H29N5O/c1-5-14(6-2)20-9-8-13(17-20)11-19(7-3)10-12(4)15(16)18-21/h8-9,12,14,21H,5-7,10-11H2,1-4H3,(H2,16,18). The van der Waals surface area contributed by atoms with E-state index in [1.54, 1.807) is 0 Å². The molecule has 0 radical (unpaired) electrons. The zero-order valence-electron chi connectivity index (χ0n) is 13.7. The molecule has 0 amide bonds. The van der Waals surface area contributed by atoms with Crippen LogP contribution < -0.4 is 5.73 Å². The van der Waals surface area contributed by atoms with Crippen molar-refractivity contribution in [3.63, 3.8) is 0 Å². The van der Waals surface area contributed by atoms with Gasteiger partial charge < -0.3 is 10.9 Å². The first-order chi connectivity index (χ1) is 10.0. The molecular formula is C15H29N5O. The molecular weight excluding hydrogens is 266 g/mol. The molecule has 0 aliphatic heterocycles. The Morgan fingerprint density at radius 1 is 1.43 bits per heavy atom. The van der Waals surface area contributed by atoms with E-state index in [9.17, 15) is 0 Å². The summed E-state index contributed by atoms with van der Waals surface area (Å²) in [5, 5.41) is 16.5. The molecule has 0 saturated carbocycles. The summed E-state index contributed by atoms with van der Waals surface area (Å²) in [6, 6.07) is 2.56. The molecule has 0 fully saturated rings. The van der Waals surface area contributed by atoms with E-state index >= 15 is 0 Å². The molecule has 0 spiro atoms. The SMILES string of the molecule is CCC(CC)n1ccc(CN(CC)CC(C)C(N)=NO)n1. The van der Waals surface area contributed by atoms with E-state index in [-0.39, 0.29) is 11.8 Å². The second kappa shape index (κ2) is 8.67. The van der Waals surface area contributed by atoms with Gasteiger partial charge in [-0.05, 0) is 25.5 Å². The Bertz CT molecular complexity index is 439. The van der Waals surface area contributed by atoms with Crippen LogP contribution in [0.3, 0.4) is 0 Å². The van der Waals surface area contributed by atoms with Crippen LogP contribution in [0.25, 0.3) is 0 Å². The normalized spacial score (nSPS) is 14.1. The molecule has 1 aromatic heterocycles. The molecule has 0 saturated heterocycles. The summed E-state index contributed by atoms with van der Waals surface area (Å²) in [7, 11) is 0. The minimum Gasteiger partial charge on any atom is -0.409 e. The van der Waals surface area contributed by atoms with E-state index in [0.717, 1.165) is 38.2 Å². The van der Waals surface area contributed by atoms with Crippen LogP contribution >= 0.6 is 0 Å². The highest BCUT2D eigenvalue weighted by molar-refractivity contribution is 5.82. The van der Waals surface area contributed by atoms with Gasteiger partial charge in [0.2, 0.25) is 0 Å². The van der Waals surface area contributed by atoms with Gasteiger partial charge in [-0.15, -0.1) is 0 Å². The van der Waals surface area contributed by atoms with Crippen molar-refractivity contribution in [3.05, 3.63) is 18.0 Å². The van der Waals surface area contributed by atoms with Crippen LogP contribution in [0.15, 0.2) is 17.4 Å². The number of rotatable bonds is 9. The fourth-order valence-corrected chi connectivity index (χ4v) is 2.44. The Balaban J connectivity index is 2.65. The van der Waals surface area contributed by atoms with E-state index in [1.807, 2.05) is 6.92 Å². The third-order valence-electron chi connectivity index (χ3n) is 3.97. The lowest BCUT2D eigenvalue weighted by atomic mass is 10.1. The Kier molecular flexibility index (Phi) is 7.22. The van der Waals surface area contributed by atoms with E-state index in [1.165, 1.54) is 0 Å². The van der Waals surface area contributed by atoms with E-state index in [2.05, 4.69) is 52.9 Å². The lowest BCUT2D eigenvalue weighted by Crippen LogP contribution is -2.34. The molecule has 0 aliphatic carbocycles. The molecule has 1 unspecified atom stereocenters. The smallest absolute Gasteiger partial charge is 0.143 e. The van der Waals surface area contributed by atoms with Crippen LogP contribution in [-0.2, 0) is 6.54 Å². The summed E-state index contributed by atoms with van der Waals surface area (Å²) >= 11 is 0. The maximum absolute atomic E-state index is 8.73. The van der Waals surface area contributed by atoms with Gasteiger partial charge in [0.25, 0.3) is 0 Å². The number of nitrogens with two attached hydrogens (primary N) is 1. The van der Waals surface area contributed by atoms with Gasteiger partial charge in [0.1, 0.15) is 5.84 Å². The third kappa shape index (κ3) is 5.04. The van der Waals surface area contributed by atoms with Crippen molar-refractivity contribution in [2.75, 3.05) is 13.1 Å². The predicted molar refractivity (Wildman–Crippen MR) is 85.4 cm³/mol. The predicted octanol–water partition coefficient (Wildman–Crippen LogP) is 2.45. The van der Waals surface area contributed by atoms with Crippen molar-refractivity contribution < 1.29 is 5.21 Å². The minimum atomic E-state index is 0.0241. The fourth-order valence-electron chi connectivity index (χ4n) is 2.44. The van der Waals surface area contributed by atoms with Gasteiger partial charge in [0.15, 0.2) is 0 Å². The first-order valence-electron chi connectivity index (χ1n) is 7.79. The molecule has 1 aromatic rings. The quantitative estimate of drug-likeness (QED) is 0.317. The summed E-state index contributed by atoms with van der Waals surface area (Å²) < 4.78 is 2.07. The van der Waals surface area contributed by atoms with Gasteiger partial charge in [-0.25, -0.2) is 0 Å². The van der Waals surface area contributed by atoms with Crippen molar-refractivity contribution >= 4 is 5.84 Å². The average molecular weight is 295 g/mol. The molecule has 0 bridgehead atoms. The maximum atomic E-state index is 8.73. The first-order valence-corrected chi connectivity index (χ1v) is 7.79. The summed E-state index contributed by atoms with van der Waals surface area (Å²) in [4.78, 5) is 2.25. The molecule has 1 heterocycles. The third-order valence-corrected chi connectivity index (χ3v) is 3.97. The molecule has 6 heteroatoms. The number of aromatic nitrogens is 2.